The third kappa shape index (κ3) is 4.33. The number of carbonyl (C=O) groups is 2. The predicted octanol–water partition coefficient (Wildman–Crippen LogP) is 3.94. The molecule has 5 nitrogen and oxygen atoms in total. The van der Waals surface area contributed by atoms with Crippen molar-refractivity contribution in [3.8, 4) is 23.8 Å². The molecule has 0 aliphatic carbocycles. The van der Waals surface area contributed by atoms with Gasteiger partial charge in [-0.2, -0.15) is 0 Å². The van der Waals surface area contributed by atoms with Crippen LogP contribution in [0, 0.1) is 12.3 Å². The molecule has 0 atom stereocenters. The Labute approximate surface area is 162 Å². The highest BCUT2D eigenvalue weighted by atomic mass is 32.2. The first-order valence-electron chi connectivity index (χ1n) is 8.16. The molecule has 0 saturated carbocycles. The number of imide groups is 1. The van der Waals surface area contributed by atoms with Crippen LogP contribution in [0.4, 0.5) is 4.79 Å². The molecule has 136 valence electrons. The van der Waals surface area contributed by atoms with E-state index in [0.717, 1.165) is 27.8 Å². The van der Waals surface area contributed by atoms with Gasteiger partial charge in [-0.15, -0.1) is 6.42 Å². The molecule has 3 rings (SSSR count). The zero-order valence-corrected chi connectivity index (χ0v) is 15.5. The summed E-state index contributed by atoms with van der Waals surface area (Å²) < 4.78 is 11.2. The molecule has 0 aromatic heterocycles. The number of ether oxygens (including phenoxy) is 2. The lowest BCUT2D eigenvalue weighted by molar-refractivity contribution is -0.122. The van der Waals surface area contributed by atoms with Crippen LogP contribution in [-0.4, -0.2) is 29.7 Å². The first-order valence-corrected chi connectivity index (χ1v) is 8.97. The van der Waals surface area contributed by atoms with Crippen molar-refractivity contribution >= 4 is 29.0 Å². The minimum absolute atomic E-state index is 0.0302. The molecule has 2 aromatic rings. The summed E-state index contributed by atoms with van der Waals surface area (Å²) in [5.74, 6) is 3.07. The summed E-state index contributed by atoms with van der Waals surface area (Å²) in [6.07, 6.45) is 6.84. The van der Waals surface area contributed by atoms with E-state index in [9.17, 15) is 9.59 Å². The monoisotopic (exact) mass is 379 g/mol. The maximum absolute atomic E-state index is 12.3. The van der Waals surface area contributed by atoms with E-state index in [2.05, 4.69) is 5.92 Å². The van der Waals surface area contributed by atoms with Crippen molar-refractivity contribution in [1.82, 2.24) is 4.90 Å². The van der Waals surface area contributed by atoms with Crippen LogP contribution < -0.4 is 9.47 Å². The lowest BCUT2D eigenvalue weighted by atomic mass is 10.1. The van der Waals surface area contributed by atoms with Gasteiger partial charge >= 0.3 is 0 Å². The topological polar surface area (TPSA) is 55.8 Å². The molecule has 2 aromatic carbocycles. The predicted molar refractivity (Wildman–Crippen MR) is 105 cm³/mol. The lowest BCUT2D eigenvalue weighted by Crippen LogP contribution is -2.28. The molecule has 0 spiro atoms. The van der Waals surface area contributed by atoms with Crippen LogP contribution in [0.2, 0.25) is 0 Å². The Morgan fingerprint density at radius 2 is 1.93 bits per heavy atom. The van der Waals surface area contributed by atoms with Gasteiger partial charge in [-0.3, -0.25) is 14.5 Å². The zero-order chi connectivity index (χ0) is 19.2. The Balaban J connectivity index is 1.77. The van der Waals surface area contributed by atoms with E-state index in [1.54, 1.807) is 31.4 Å². The number of hydrogen-bond donors (Lipinski definition) is 0. The highest BCUT2D eigenvalue weighted by Crippen LogP contribution is 2.34. The van der Waals surface area contributed by atoms with Crippen molar-refractivity contribution in [2.45, 2.75) is 6.61 Å². The van der Waals surface area contributed by atoms with E-state index in [4.69, 9.17) is 15.9 Å². The van der Waals surface area contributed by atoms with Crippen LogP contribution in [0.5, 0.6) is 11.5 Å². The fourth-order valence-electron chi connectivity index (χ4n) is 2.51. The third-order valence-corrected chi connectivity index (χ3v) is 4.75. The molecule has 1 heterocycles. The van der Waals surface area contributed by atoms with Crippen molar-refractivity contribution in [3.63, 3.8) is 0 Å². The normalized spacial score (nSPS) is 15.1. The van der Waals surface area contributed by atoms with Gasteiger partial charge < -0.3 is 9.47 Å². The number of benzene rings is 2. The first-order chi connectivity index (χ1) is 13.1. The van der Waals surface area contributed by atoms with Crippen molar-refractivity contribution in [3.05, 3.63) is 64.6 Å². The van der Waals surface area contributed by atoms with Gasteiger partial charge in [0.2, 0.25) is 0 Å². The largest absolute Gasteiger partial charge is 0.493 e. The lowest BCUT2D eigenvalue weighted by Gasteiger charge is -2.11. The summed E-state index contributed by atoms with van der Waals surface area (Å²) in [4.78, 5) is 25.5. The van der Waals surface area contributed by atoms with Gasteiger partial charge in [-0.1, -0.05) is 42.3 Å². The Kier molecular flexibility index (Phi) is 5.84. The van der Waals surface area contributed by atoms with Gasteiger partial charge in [0.15, 0.2) is 11.5 Å². The standard InChI is InChI=1S/C21H17NO4S/c1-3-11-22-20(23)19(27-21(22)24)13-16-9-10-17(18(12-16)25-2)26-14-15-7-5-4-6-8-15/h1,4-10,12-13H,11,14H2,2H3. The Morgan fingerprint density at radius 1 is 1.15 bits per heavy atom. The highest BCUT2D eigenvalue weighted by molar-refractivity contribution is 8.18. The van der Waals surface area contributed by atoms with Crippen LogP contribution in [0.15, 0.2) is 53.4 Å². The fourth-order valence-corrected chi connectivity index (χ4v) is 3.35. The number of nitrogens with zero attached hydrogens (tertiary/aromatic N) is 1. The summed E-state index contributed by atoms with van der Waals surface area (Å²) in [5, 5.41) is -0.362. The summed E-state index contributed by atoms with van der Waals surface area (Å²) >= 11 is 0.873. The summed E-state index contributed by atoms with van der Waals surface area (Å²) in [6, 6.07) is 15.1. The van der Waals surface area contributed by atoms with Gasteiger partial charge in [0.25, 0.3) is 11.1 Å². The fraction of sp³-hybridized carbons (Fsp3) is 0.143. The van der Waals surface area contributed by atoms with Gasteiger partial charge in [-0.05, 0) is 41.1 Å². The number of terminal acetylenes is 1. The Morgan fingerprint density at radius 3 is 2.63 bits per heavy atom. The molecule has 27 heavy (non-hydrogen) atoms. The number of amides is 2. The van der Waals surface area contributed by atoms with Crippen molar-refractivity contribution < 1.29 is 19.1 Å². The van der Waals surface area contributed by atoms with Crippen molar-refractivity contribution in [1.29, 1.82) is 0 Å². The molecule has 0 unspecified atom stereocenters. The number of rotatable bonds is 6. The summed E-state index contributed by atoms with van der Waals surface area (Å²) in [6.45, 7) is 0.388. The van der Waals surface area contributed by atoms with E-state index in [-0.39, 0.29) is 17.7 Å². The summed E-state index contributed by atoms with van der Waals surface area (Å²) in [7, 11) is 1.55. The van der Waals surface area contributed by atoms with E-state index in [1.807, 2.05) is 30.3 Å². The van der Waals surface area contributed by atoms with Crippen molar-refractivity contribution in [2.24, 2.45) is 0 Å². The second kappa shape index (κ2) is 8.47. The molecule has 1 aliphatic heterocycles. The number of methoxy groups -OCH3 is 1. The van der Waals surface area contributed by atoms with Crippen LogP contribution in [0.3, 0.4) is 0 Å². The molecule has 1 saturated heterocycles. The number of thioether (sulfide) groups is 1. The molecule has 2 amide bonds. The molecule has 0 radical (unpaired) electrons. The van der Waals surface area contributed by atoms with Crippen LogP contribution in [0.1, 0.15) is 11.1 Å². The van der Waals surface area contributed by atoms with Gasteiger partial charge in [0.1, 0.15) is 6.61 Å². The maximum atomic E-state index is 12.3. The second-order valence-electron chi connectivity index (χ2n) is 5.66. The molecule has 0 N–H and O–H groups in total. The minimum atomic E-state index is -0.383. The number of carbonyl (C=O) groups excluding carboxylic acids is 2. The highest BCUT2D eigenvalue weighted by Gasteiger charge is 2.34. The second-order valence-corrected chi connectivity index (χ2v) is 6.65. The zero-order valence-electron chi connectivity index (χ0n) is 14.7. The summed E-state index contributed by atoms with van der Waals surface area (Å²) in [5.41, 5.74) is 1.77. The smallest absolute Gasteiger partial charge is 0.294 e. The minimum Gasteiger partial charge on any atom is -0.493 e. The van der Waals surface area contributed by atoms with Gasteiger partial charge in [0.05, 0.1) is 18.6 Å². The number of hydrogen-bond acceptors (Lipinski definition) is 5. The SMILES string of the molecule is C#CCN1C(=O)SC(=Cc2ccc(OCc3ccccc3)c(OC)c2)C1=O. The molecular formula is C21H17NO4S. The quantitative estimate of drug-likeness (QED) is 0.562. The van der Waals surface area contributed by atoms with Crippen molar-refractivity contribution in [2.75, 3.05) is 13.7 Å². The van der Waals surface area contributed by atoms with E-state index >= 15 is 0 Å². The Bertz CT molecular complexity index is 931. The molecule has 1 fully saturated rings. The maximum Gasteiger partial charge on any atom is 0.294 e. The van der Waals surface area contributed by atoms with Crippen LogP contribution >= 0.6 is 11.8 Å². The Hall–Kier alpha value is -3.17. The third-order valence-electron chi connectivity index (χ3n) is 3.85. The average molecular weight is 379 g/mol. The molecular weight excluding hydrogens is 362 g/mol. The average Bonchev–Trinajstić information content (AvgIpc) is 2.95. The molecule has 1 aliphatic rings. The van der Waals surface area contributed by atoms with E-state index < -0.39 is 0 Å². The first kappa shape index (κ1) is 18.6. The van der Waals surface area contributed by atoms with Crippen LogP contribution in [-0.2, 0) is 11.4 Å². The van der Waals surface area contributed by atoms with E-state index in [1.165, 1.54) is 0 Å². The molecule has 0 bridgehead atoms. The van der Waals surface area contributed by atoms with Crippen LogP contribution in [0.25, 0.3) is 6.08 Å². The van der Waals surface area contributed by atoms with Gasteiger partial charge in [-0.25, -0.2) is 0 Å². The molecule has 6 heteroatoms. The van der Waals surface area contributed by atoms with E-state index in [0.29, 0.717) is 23.0 Å². The van der Waals surface area contributed by atoms with Gasteiger partial charge in [0, 0.05) is 0 Å².